The normalized spacial score (nSPS) is 14.1. The Morgan fingerprint density at radius 1 is 0.562 bits per heavy atom. The maximum absolute atomic E-state index is 10.4. The Bertz CT molecular complexity index is 1260. The van der Waals surface area contributed by atoms with Gasteiger partial charge in [-0.05, 0) is 24.0 Å². The van der Waals surface area contributed by atoms with Crippen LogP contribution in [0.2, 0.25) is 0 Å². The molecule has 0 saturated carbocycles. The van der Waals surface area contributed by atoms with Crippen molar-refractivity contribution in [2.45, 2.75) is 16.1 Å². The molecule has 48 heavy (non-hydrogen) atoms. The van der Waals surface area contributed by atoms with E-state index in [4.69, 9.17) is 58.7 Å². The Balaban J connectivity index is -0.000000269. The van der Waals surface area contributed by atoms with Crippen LogP contribution < -0.4 is 4.90 Å². The fourth-order valence-corrected chi connectivity index (χ4v) is 4.33. The molecule has 2 aromatic carbocycles. The molecule has 2 aromatic rings. The third-order valence-corrected chi connectivity index (χ3v) is 5.63. The summed E-state index contributed by atoms with van der Waals surface area (Å²) in [6.45, 7) is 0.982. The van der Waals surface area contributed by atoms with Gasteiger partial charge in [0.1, 0.15) is 4.71 Å². The summed E-state index contributed by atoms with van der Waals surface area (Å²) in [5.41, 5.74) is 2.74. The summed E-state index contributed by atoms with van der Waals surface area (Å²) in [6, 6.07) is 19.4. The summed E-state index contributed by atoms with van der Waals surface area (Å²) in [6.07, 6.45) is 2.18. The van der Waals surface area contributed by atoms with Crippen molar-refractivity contribution in [3.63, 3.8) is 0 Å². The standard InChI is InChI=1S/C15H15NS2.6FH.12H2O.6O.6Sb/c1-17-15-16(11-12-7-3-2-4-8-12)13-9-5-6-10-14(13)18-15;;;;;;;;;;;;;;;;;;;;;;;;;;;;;;/h2-10,15H,11H2,1H3;6*1H;12*1H2;;;;;;;;;;;;/q;;;;;;;;;;;;;;;;;;;;;;;;;6*+3/p-18. The molecule has 284 valence electrons. The number of para-hydroxylation sites is 1. The molecule has 12 N–H and O–H groups in total. The molecule has 1 aliphatic rings. The molecule has 0 aromatic heterocycles. The van der Waals surface area contributed by atoms with E-state index in [-0.39, 0.29) is 0 Å². The molecule has 0 saturated heterocycles. The Morgan fingerprint density at radius 2 is 0.833 bits per heavy atom. The molecule has 0 spiro atoms. The number of nitrogens with zero attached hydrogens (tertiary/aromatic N) is 1. The van der Waals surface area contributed by atoms with Crippen molar-refractivity contribution in [1.82, 2.24) is 0 Å². The number of anilines is 1. The van der Waals surface area contributed by atoms with E-state index in [0.29, 0.717) is 4.71 Å². The Hall–Kier alpha value is 1.75. The molecule has 19 nitrogen and oxygen atoms in total. The predicted octanol–water partition coefficient (Wildman–Crippen LogP) is -2.71. The molecule has 1 heterocycles. The van der Waals surface area contributed by atoms with E-state index < -0.39 is 121 Å². The fraction of sp³-hybridized carbons (Fsp3) is 0.200. The summed E-state index contributed by atoms with van der Waals surface area (Å²) in [4.78, 5) is 3.88. The van der Waals surface area contributed by atoms with E-state index in [1.54, 1.807) is 0 Å². The van der Waals surface area contributed by atoms with E-state index in [1.807, 2.05) is 23.5 Å². The number of hydrogen-bond acceptors (Lipinski definition) is 9. The molecule has 33 heteroatoms. The topological polar surface area (TPSA) is 348 Å². The van der Waals surface area contributed by atoms with E-state index >= 15 is 0 Å². The average Bonchev–Trinajstić information content (AvgIpc) is 3.11. The molecule has 0 bridgehead atoms. The monoisotopic (exact) mass is 1410 g/mol. The second-order valence-electron chi connectivity index (χ2n) is 7.08. The van der Waals surface area contributed by atoms with Crippen LogP contribution in [0.15, 0.2) is 59.5 Å². The third kappa shape index (κ3) is 69.5. The van der Waals surface area contributed by atoms with E-state index in [2.05, 4.69) is 65.8 Å². The van der Waals surface area contributed by atoms with Gasteiger partial charge in [0.25, 0.3) is 0 Å². The first kappa shape index (κ1) is 56.5. The molecule has 1 atom stereocenters. The second kappa shape index (κ2) is 26.5. The third-order valence-electron chi connectivity index (χ3n) is 3.05. The second-order valence-corrected chi connectivity index (χ2v) is 25.6. The molecular formula is C15H27F6NO18S2Sb6. The molecule has 0 radical (unpaired) electrons. The van der Waals surface area contributed by atoms with E-state index in [1.165, 1.54) is 16.1 Å². The summed E-state index contributed by atoms with van der Waals surface area (Å²) < 4.78 is 200. The van der Waals surface area contributed by atoms with Crippen LogP contribution in [0, 0.1) is 0 Å². The first-order valence-corrected chi connectivity index (χ1v) is 38.4. The van der Waals surface area contributed by atoms with Gasteiger partial charge in [-0.2, -0.15) is 0 Å². The molecule has 3 rings (SSSR count). The number of fused-ring (bicyclic) bond motifs is 1. The van der Waals surface area contributed by atoms with Crippen LogP contribution in [-0.2, 0) is 24.6 Å². The number of rotatable bonds is 3. The molecule has 1 unspecified atom stereocenters. The van der Waals surface area contributed by atoms with Crippen molar-refractivity contribution in [2.75, 3.05) is 11.2 Å². The Labute approximate surface area is 309 Å². The van der Waals surface area contributed by atoms with Crippen LogP contribution in [0.1, 0.15) is 5.56 Å². The van der Waals surface area contributed by atoms with Crippen LogP contribution >= 0.6 is 23.5 Å². The quantitative estimate of drug-likeness (QED) is 0.110. The molecule has 0 aliphatic carbocycles. The number of benzene rings is 2. The summed E-state index contributed by atoms with van der Waals surface area (Å²) in [7, 11) is 0. The van der Waals surface area contributed by atoms with Gasteiger partial charge in [-0.3, -0.25) is 0 Å². The fourth-order valence-electron chi connectivity index (χ4n) is 2.20. The number of hydrogen-bond donors (Lipinski definition) is 12. The van der Waals surface area contributed by atoms with Crippen LogP contribution in [-0.4, -0.2) is 173 Å². The minimum atomic E-state index is -5.85. The van der Waals surface area contributed by atoms with Crippen molar-refractivity contribution in [2.24, 2.45) is 0 Å². The summed E-state index contributed by atoms with van der Waals surface area (Å²) in [5.74, 6) is 0. The Morgan fingerprint density at radius 3 is 1.12 bits per heavy atom. The maximum atomic E-state index is 10.4. The van der Waals surface area contributed by atoms with Gasteiger partial charge in [-0.25, -0.2) is 0 Å². The van der Waals surface area contributed by atoms with Crippen molar-refractivity contribution >= 4 is 151 Å². The van der Waals surface area contributed by atoms with Crippen molar-refractivity contribution in [1.29, 1.82) is 0 Å². The van der Waals surface area contributed by atoms with Crippen molar-refractivity contribution in [3.05, 3.63) is 60.2 Å². The molecular weight excluding hydrogens is 1390 g/mol. The van der Waals surface area contributed by atoms with Crippen LogP contribution in [0.25, 0.3) is 0 Å². The van der Waals surface area contributed by atoms with Gasteiger partial charge in [0.2, 0.25) is 0 Å². The summed E-state index contributed by atoms with van der Waals surface area (Å²) in [5, 5.41) is 0. The minimum absolute atomic E-state index is 0.489. The van der Waals surface area contributed by atoms with Gasteiger partial charge in [0.15, 0.2) is 0 Å². The molecule has 0 amide bonds. The van der Waals surface area contributed by atoms with Gasteiger partial charge in [-0.1, -0.05) is 54.2 Å². The van der Waals surface area contributed by atoms with Gasteiger partial charge >= 0.3 is 197 Å². The van der Waals surface area contributed by atoms with Gasteiger partial charge in [0, 0.05) is 11.4 Å². The van der Waals surface area contributed by atoms with Crippen LogP contribution in [0.3, 0.4) is 0 Å². The first-order valence-electron chi connectivity index (χ1n) is 10.5. The first-order chi connectivity index (χ1) is 20.9. The van der Waals surface area contributed by atoms with Gasteiger partial charge in [0.05, 0.1) is 5.69 Å². The zero-order valence-corrected chi connectivity index (χ0v) is 40.0. The number of halogens is 6. The SMILES string of the molecule is CSC1Sc2ccccc2N1Cc1ccccc1.[O]=[Sb]([OH])([OH])[F].[O]=[Sb]([OH])([OH])[F].[O]=[Sb]([OH])([OH])[F].[O]=[Sb]([OH])([OH])[F].[O]=[Sb]([OH])([OH])[F].[O]=[Sb]([OH])([OH])[F]. The van der Waals surface area contributed by atoms with Crippen molar-refractivity contribution < 1.29 is 75.6 Å². The van der Waals surface area contributed by atoms with Crippen LogP contribution in [0.5, 0.6) is 0 Å². The Kier molecular flexibility index (Phi) is 31.2. The molecule has 1 aliphatic heterocycles. The predicted molar refractivity (Wildman–Crippen MR) is 154 cm³/mol. The van der Waals surface area contributed by atoms with Crippen LogP contribution in [0.4, 0.5) is 22.6 Å². The zero-order valence-electron chi connectivity index (χ0n) is 23.0. The van der Waals surface area contributed by atoms with Crippen molar-refractivity contribution in [3.8, 4) is 0 Å². The summed E-state index contributed by atoms with van der Waals surface area (Å²) >= 11 is -31.2. The average molecular weight is 1420 g/mol. The zero-order chi connectivity index (χ0) is 39.4. The van der Waals surface area contributed by atoms with Gasteiger partial charge < -0.3 is 4.90 Å². The van der Waals surface area contributed by atoms with Gasteiger partial charge in [-0.15, -0.1) is 11.8 Å². The van der Waals surface area contributed by atoms with E-state index in [0.717, 1.165) is 6.54 Å². The molecule has 0 fully saturated rings. The number of thioether (sulfide) groups is 2. The van der Waals surface area contributed by atoms with E-state index in [9.17, 15) is 16.9 Å².